The van der Waals surface area contributed by atoms with E-state index < -0.39 is 23.7 Å². The number of hydrogen-bond acceptors (Lipinski definition) is 6. The van der Waals surface area contributed by atoms with Crippen molar-refractivity contribution in [1.82, 2.24) is 4.90 Å². The van der Waals surface area contributed by atoms with Crippen LogP contribution >= 0.6 is 11.6 Å². The number of likely N-dealkylation sites (tertiary alicyclic amines) is 1. The molecule has 1 fully saturated rings. The second kappa shape index (κ2) is 8.72. The van der Waals surface area contributed by atoms with Crippen molar-refractivity contribution in [2.24, 2.45) is 0 Å². The molecule has 8 heteroatoms. The SMILES string of the molecule is COC(=O)c1ccc(C2/C(=C(/O)c3ccc(Cl)cc3)C(=O)C(=O)N2Cc2ccco2)cc1. The average Bonchev–Trinajstić information content (AvgIpc) is 3.41. The molecule has 1 aromatic heterocycles. The molecule has 1 aliphatic rings. The number of rotatable bonds is 5. The van der Waals surface area contributed by atoms with Crippen LogP contribution in [-0.2, 0) is 20.9 Å². The van der Waals surface area contributed by atoms with Crippen LogP contribution in [0.1, 0.15) is 33.3 Å². The smallest absolute Gasteiger partial charge is 0.337 e. The Morgan fingerprint density at radius 2 is 1.72 bits per heavy atom. The van der Waals surface area contributed by atoms with Crippen molar-refractivity contribution in [1.29, 1.82) is 0 Å². The molecule has 162 valence electrons. The molecule has 0 spiro atoms. The Kier molecular flexibility index (Phi) is 5.83. The van der Waals surface area contributed by atoms with Gasteiger partial charge in [0, 0.05) is 10.6 Å². The highest BCUT2D eigenvalue weighted by Crippen LogP contribution is 2.40. The van der Waals surface area contributed by atoms with E-state index >= 15 is 0 Å². The summed E-state index contributed by atoms with van der Waals surface area (Å²) < 4.78 is 10.1. The quantitative estimate of drug-likeness (QED) is 0.268. The number of carbonyl (C=O) groups excluding carboxylic acids is 3. The Morgan fingerprint density at radius 3 is 2.31 bits per heavy atom. The third kappa shape index (κ3) is 3.90. The van der Waals surface area contributed by atoms with Crippen molar-refractivity contribution >= 4 is 35.0 Å². The number of amides is 1. The average molecular weight is 452 g/mol. The van der Waals surface area contributed by atoms with Crippen LogP contribution in [0.3, 0.4) is 0 Å². The monoisotopic (exact) mass is 451 g/mol. The van der Waals surface area contributed by atoms with Crippen molar-refractivity contribution in [2.75, 3.05) is 7.11 Å². The molecule has 2 heterocycles. The number of furan rings is 1. The molecule has 3 aromatic rings. The number of hydrogen-bond donors (Lipinski definition) is 1. The van der Waals surface area contributed by atoms with Gasteiger partial charge in [0.2, 0.25) is 0 Å². The molecule has 0 radical (unpaired) electrons. The molecular formula is C24H18ClNO6. The summed E-state index contributed by atoms with van der Waals surface area (Å²) in [6, 6.07) is 15.1. The first kappa shape index (κ1) is 21.4. The third-order valence-corrected chi connectivity index (χ3v) is 5.46. The number of methoxy groups -OCH3 is 1. The fourth-order valence-electron chi connectivity index (χ4n) is 3.64. The van der Waals surface area contributed by atoms with Gasteiger partial charge in [0.1, 0.15) is 11.5 Å². The van der Waals surface area contributed by atoms with Crippen molar-refractivity contribution in [3.05, 3.63) is 100.0 Å². The van der Waals surface area contributed by atoms with Crippen LogP contribution in [0.5, 0.6) is 0 Å². The third-order valence-electron chi connectivity index (χ3n) is 5.21. The van der Waals surface area contributed by atoms with Gasteiger partial charge in [-0.3, -0.25) is 9.59 Å². The van der Waals surface area contributed by atoms with E-state index in [1.165, 1.54) is 30.4 Å². The molecule has 7 nitrogen and oxygen atoms in total. The lowest BCUT2D eigenvalue weighted by atomic mass is 9.94. The van der Waals surface area contributed by atoms with Gasteiger partial charge in [-0.15, -0.1) is 0 Å². The number of halogens is 1. The van der Waals surface area contributed by atoms with E-state index in [1.54, 1.807) is 48.5 Å². The molecule has 1 amide bonds. The first-order valence-corrected chi connectivity index (χ1v) is 10.0. The van der Waals surface area contributed by atoms with Crippen molar-refractivity contribution < 1.29 is 28.6 Å². The predicted octanol–water partition coefficient (Wildman–Crippen LogP) is 4.34. The Labute approximate surface area is 188 Å². The van der Waals surface area contributed by atoms with Crippen LogP contribution in [0, 0.1) is 0 Å². The lowest BCUT2D eigenvalue weighted by molar-refractivity contribution is -0.140. The van der Waals surface area contributed by atoms with Gasteiger partial charge < -0.3 is 19.2 Å². The molecular weight excluding hydrogens is 434 g/mol. The number of nitrogens with zero attached hydrogens (tertiary/aromatic N) is 1. The minimum Gasteiger partial charge on any atom is -0.507 e. The summed E-state index contributed by atoms with van der Waals surface area (Å²) in [5, 5.41) is 11.5. The number of carbonyl (C=O) groups is 3. The van der Waals surface area contributed by atoms with E-state index in [2.05, 4.69) is 0 Å². The van der Waals surface area contributed by atoms with Gasteiger partial charge in [-0.25, -0.2) is 4.79 Å². The van der Waals surface area contributed by atoms with Crippen LogP contribution in [0.2, 0.25) is 5.02 Å². The highest BCUT2D eigenvalue weighted by Gasteiger charge is 2.46. The first-order valence-electron chi connectivity index (χ1n) is 9.65. The van der Waals surface area contributed by atoms with Crippen molar-refractivity contribution in [3.63, 3.8) is 0 Å². The highest BCUT2D eigenvalue weighted by atomic mass is 35.5. The molecule has 0 aliphatic carbocycles. The van der Waals surface area contributed by atoms with Crippen molar-refractivity contribution in [2.45, 2.75) is 12.6 Å². The molecule has 4 rings (SSSR count). The standard InChI is InChI=1S/C24H18ClNO6/c1-31-24(30)16-6-4-14(5-7-16)20-19(21(27)15-8-10-17(25)11-9-15)22(28)23(29)26(20)13-18-3-2-12-32-18/h2-12,20,27H,13H2,1H3/b21-19-. The Balaban J connectivity index is 1.84. The maximum absolute atomic E-state index is 13.0. The lowest BCUT2D eigenvalue weighted by Crippen LogP contribution is -2.29. The molecule has 1 saturated heterocycles. The minimum atomic E-state index is -0.887. The number of esters is 1. The van der Waals surface area contributed by atoms with Gasteiger partial charge >= 0.3 is 5.97 Å². The first-order chi connectivity index (χ1) is 15.4. The maximum Gasteiger partial charge on any atom is 0.337 e. The van der Waals surface area contributed by atoms with E-state index in [0.717, 1.165) is 0 Å². The van der Waals surface area contributed by atoms with Gasteiger partial charge in [0.15, 0.2) is 0 Å². The van der Waals surface area contributed by atoms with Gasteiger partial charge in [0.05, 0.1) is 37.1 Å². The van der Waals surface area contributed by atoms with Crippen LogP contribution in [-0.4, -0.2) is 34.8 Å². The predicted molar refractivity (Wildman–Crippen MR) is 116 cm³/mol. The fraction of sp³-hybridized carbons (Fsp3) is 0.125. The molecule has 2 aromatic carbocycles. The van der Waals surface area contributed by atoms with E-state index in [-0.39, 0.29) is 17.9 Å². The summed E-state index contributed by atoms with van der Waals surface area (Å²) in [6.45, 7) is 0.0262. The molecule has 32 heavy (non-hydrogen) atoms. The van der Waals surface area contributed by atoms with Gasteiger partial charge in [-0.1, -0.05) is 23.7 Å². The Hall–Kier alpha value is -3.84. The summed E-state index contributed by atoms with van der Waals surface area (Å²) in [7, 11) is 1.28. The summed E-state index contributed by atoms with van der Waals surface area (Å²) in [4.78, 5) is 39.0. The highest BCUT2D eigenvalue weighted by molar-refractivity contribution is 6.46. The lowest BCUT2D eigenvalue weighted by Gasteiger charge is -2.24. The number of ketones is 1. The summed E-state index contributed by atoms with van der Waals surface area (Å²) in [5.74, 6) is -1.93. The normalized spacial score (nSPS) is 17.6. The van der Waals surface area contributed by atoms with Crippen LogP contribution in [0.25, 0.3) is 5.76 Å². The second-order valence-corrected chi connectivity index (χ2v) is 7.56. The molecule has 1 aliphatic heterocycles. The molecule has 0 bridgehead atoms. The van der Waals surface area contributed by atoms with E-state index in [4.69, 9.17) is 20.8 Å². The zero-order valence-electron chi connectivity index (χ0n) is 16.9. The molecule has 1 atom stereocenters. The van der Waals surface area contributed by atoms with E-state index in [0.29, 0.717) is 27.5 Å². The summed E-state index contributed by atoms with van der Waals surface area (Å²) in [5.41, 5.74) is 1.15. The maximum atomic E-state index is 13.0. The number of aliphatic hydroxyl groups is 1. The molecule has 1 unspecified atom stereocenters. The Bertz CT molecular complexity index is 1200. The zero-order chi connectivity index (χ0) is 22.8. The summed E-state index contributed by atoms with van der Waals surface area (Å²) in [6.07, 6.45) is 1.47. The zero-order valence-corrected chi connectivity index (χ0v) is 17.7. The van der Waals surface area contributed by atoms with E-state index in [1.807, 2.05) is 0 Å². The molecule has 0 saturated carbocycles. The molecule has 1 N–H and O–H groups in total. The van der Waals surface area contributed by atoms with Gasteiger partial charge in [-0.05, 0) is 54.1 Å². The number of Topliss-reactive ketones (excluding diaryl/α,β-unsaturated/α-hetero) is 1. The van der Waals surface area contributed by atoms with Crippen LogP contribution in [0.4, 0.5) is 0 Å². The fourth-order valence-corrected chi connectivity index (χ4v) is 3.77. The number of ether oxygens (including phenoxy) is 1. The summed E-state index contributed by atoms with van der Waals surface area (Å²) >= 11 is 5.93. The Morgan fingerprint density at radius 1 is 1.06 bits per heavy atom. The minimum absolute atomic E-state index is 0.0262. The van der Waals surface area contributed by atoms with Crippen LogP contribution < -0.4 is 0 Å². The van der Waals surface area contributed by atoms with Gasteiger partial charge in [-0.2, -0.15) is 0 Å². The van der Waals surface area contributed by atoms with Crippen LogP contribution in [0.15, 0.2) is 76.9 Å². The van der Waals surface area contributed by atoms with Gasteiger partial charge in [0.25, 0.3) is 11.7 Å². The second-order valence-electron chi connectivity index (χ2n) is 7.13. The number of benzene rings is 2. The number of aliphatic hydroxyl groups excluding tert-OH is 1. The van der Waals surface area contributed by atoms with Crippen molar-refractivity contribution in [3.8, 4) is 0 Å². The topological polar surface area (TPSA) is 97.0 Å². The largest absolute Gasteiger partial charge is 0.507 e. The van der Waals surface area contributed by atoms with E-state index in [9.17, 15) is 19.5 Å².